The molecule has 22 heavy (non-hydrogen) atoms. The van der Waals surface area contributed by atoms with Gasteiger partial charge in [-0.1, -0.05) is 96.8 Å². The van der Waals surface area contributed by atoms with Crippen molar-refractivity contribution in [2.45, 2.75) is 122 Å². The molecule has 2 heteroatoms. The van der Waals surface area contributed by atoms with Crippen molar-refractivity contribution in [3.8, 4) is 0 Å². The molecule has 1 atom stereocenters. The highest BCUT2D eigenvalue weighted by Gasteiger charge is 2.10. The molecule has 132 valence electrons. The molecule has 1 heterocycles. The molecular formula is C20H40O2. The van der Waals surface area contributed by atoms with E-state index in [0.717, 1.165) is 13.0 Å². The summed E-state index contributed by atoms with van der Waals surface area (Å²) in [7, 11) is 0. The van der Waals surface area contributed by atoms with Gasteiger partial charge in [-0.25, -0.2) is 9.78 Å². The Kier molecular flexibility index (Phi) is 14.3. The largest absolute Gasteiger partial charge is 0.236 e. The Morgan fingerprint density at radius 1 is 0.682 bits per heavy atom. The Morgan fingerprint density at radius 3 is 2.00 bits per heavy atom. The van der Waals surface area contributed by atoms with Gasteiger partial charge in [0.15, 0.2) is 0 Å². The summed E-state index contributed by atoms with van der Waals surface area (Å²) >= 11 is 0. The van der Waals surface area contributed by atoms with E-state index >= 15 is 0 Å². The first-order valence-electron chi connectivity index (χ1n) is 10.2. The third-order valence-corrected chi connectivity index (χ3v) is 4.84. The van der Waals surface area contributed by atoms with Gasteiger partial charge in [-0.3, -0.25) is 0 Å². The summed E-state index contributed by atoms with van der Waals surface area (Å²) in [6, 6.07) is 0. The van der Waals surface area contributed by atoms with Gasteiger partial charge in [0.25, 0.3) is 0 Å². The van der Waals surface area contributed by atoms with Gasteiger partial charge in [0.05, 0.1) is 12.7 Å². The van der Waals surface area contributed by atoms with E-state index in [4.69, 9.17) is 9.78 Å². The Balaban J connectivity index is 2.08. The second kappa shape index (κ2) is 15.8. The fraction of sp³-hybridized carbons (Fsp3) is 1.00. The van der Waals surface area contributed by atoms with E-state index in [9.17, 15) is 0 Å². The van der Waals surface area contributed by atoms with Gasteiger partial charge in [0, 0.05) is 0 Å². The normalized spacial score (nSPS) is 22.5. The summed E-state index contributed by atoms with van der Waals surface area (Å²) in [6.45, 7) is 3.07. The molecule has 0 bridgehead atoms. The van der Waals surface area contributed by atoms with Crippen LogP contribution < -0.4 is 0 Å². The molecule has 1 saturated heterocycles. The summed E-state index contributed by atoms with van der Waals surface area (Å²) < 4.78 is 0. The number of hydrogen-bond donors (Lipinski definition) is 0. The van der Waals surface area contributed by atoms with E-state index in [1.807, 2.05) is 0 Å². The summed E-state index contributed by atoms with van der Waals surface area (Å²) in [4.78, 5) is 11.2. The smallest absolute Gasteiger partial charge is 0.0930 e. The molecule has 0 aromatic rings. The summed E-state index contributed by atoms with van der Waals surface area (Å²) in [6.07, 6.45) is 23.1. The summed E-state index contributed by atoms with van der Waals surface area (Å²) in [5.74, 6) is 0. The number of unbranched alkanes of at least 4 members (excludes halogenated alkanes) is 6. The molecule has 0 amide bonds. The van der Waals surface area contributed by atoms with Crippen LogP contribution in [0.3, 0.4) is 0 Å². The van der Waals surface area contributed by atoms with E-state index in [1.54, 1.807) is 0 Å². The van der Waals surface area contributed by atoms with Crippen molar-refractivity contribution in [3.63, 3.8) is 0 Å². The minimum absolute atomic E-state index is 0.344. The monoisotopic (exact) mass is 312 g/mol. The van der Waals surface area contributed by atoms with Gasteiger partial charge in [0.1, 0.15) is 0 Å². The average molecular weight is 313 g/mol. The Bertz CT molecular complexity index is 204. The van der Waals surface area contributed by atoms with Crippen LogP contribution in [-0.4, -0.2) is 12.7 Å². The molecule has 0 N–H and O–H groups in total. The van der Waals surface area contributed by atoms with Crippen molar-refractivity contribution in [1.82, 2.24) is 0 Å². The molecule has 1 aliphatic heterocycles. The van der Waals surface area contributed by atoms with Crippen LogP contribution in [0.4, 0.5) is 0 Å². The predicted molar refractivity (Wildman–Crippen MR) is 95.0 cm³/mol. The molecule has 1 rings (SSSR count). The van der Waals surface area contributed by atoms with Gasteiger partial charge in [0.2, 0.25) is 0 Å². The van der Waals surface area contributed by atoms with Crippen LogP contribution >= 0.6 is 0 Å². The van der Waals surface area contributed by atoms with Crippen LogP contribution in [0.5, 0.6) is 0 Å². The van der Waals surface area contributed by atoms with E-state index < -0.39 is 0 Å². The fourth-order valence-electron chi connectivity index (χ4n) is 3.31. The van der Waals surface area contributed by atoms with Crippen molar-refractivity contribution >= 4 is 0 Å². The molecule has 0 saturated carbocycles. The van der Waals surface area contributed by atoms with Crippen molar-refractivity contribution in [3.05, 3.63) is 0 Å². The van der Waals surface area contributed by atoms with E-state index in [2.05, 4.69) is 6.92 Å². The van der Waals surface area contributed by atoms with Gasteiger partial charge < -0.3 is 0 Å². The van der Waals surface area contributed by atoms with Gasteiger partial charge in [-0.2, -0.15) is 0 Å². The minimum Gasteiger partial charge on any atom is -0.236 e. The van der Waals surface area contributed by atoms with Crippen LogP contribution in [-0.2, 0) is 9.78 Å². The lowest BCUT2D eigenvalue weighted by atomic mass is 10.0. The molecule has 1 aliphatic rings. The van der Waals surface area contributed by atoms with Crippen molar-refractivity contribution in [2.75, 3.05) is 6.61 Å². The molecule has 0 radical (unpaired) electrons. The maximum atomic E-state index is 5.70. The average Bonchev–Trinajstić information content (AvgIpc) is 2.56. The topological polar surface area (TPSA) is 18.5 Å². The lowest BCUT2D eigenvalue weighted by molar-refractivity contribution is -0.327. The fourth-order valence-corrected chi connectivity index (χ4v) is 3.31. The SMILES string of the molecule is CCCCCCCCCC1CCCCCCCCCCOO1. The van der Waals surface area contributed by atoms with Crippen LogP contribution in [0.2, 0.25) is 0 Å². The first-order valence-corrected chi connectivity index (χ1v) is 10.2. The van der Waals surface area contributed by atoms with Crippen LogP contribution in [0.15, 0.2) is 0 Å². The molecule has 0 aromatic heterocycles. The summed E-state index contributed by atoms with van der Waals surface area (Å²) in [5, 5.41) is 0. The lowest BCUT2D eigenvalue weighted by Gasteiger charge is -2.16. The number of hydrogen-bond acceptors (Lipinski definition) is 2. The molecule has 0 spiro atoms. The molecule has 2 nitrogen and oxygen atoms in total. The quantitative estimate of drug-likeness (QED) is 0.356. The highest BCUT2D eigenvalue weighted by atomic mass is 17.2. The zero-order valence-electron chi connectivity index (χ0n) is 15.1. The zero-order chi connectivity index (χ0) is 15.7. The Morgan fingerprint density at radius 2 is 1.27 bits per heavy atom. The Labute approximate surface area is 139 Å². The molecular weight excluding hydrogens is 272 g/mol. The molecule has 1 unspecified atom stereocenters. The standard InChI is InChI=1S/C20H40O2/c1-2-3-4-5-8-11-14-17-20-18-15-12-9-6-7-10-13-16-19-21-22-20/h20H,2-19H2,1H3. The number of rotatable bonds is 8. The third kappa shape index (κ3) is 12.5. The second-order valence-electron chi connectivity index (χ2n) is 7.07. The van der Waals surface area contributed by atoms with Gasteiger partial charge in [-0.15, -0.1) is 0 Å². The maximum Gasteiger partial charge on any atom is 0.0930 e. The van der Waals surface area contributed by atoms with Crippen molar-refractivity contribution in [1.29, 1.82) is 0 Å². The minimum atomic E-state index is 0.344. The zero-order valence-corrected chi connectivity index (χ0v) is 15.1. The summed E-state index contributed by atoms with van der Waals surface area (Å²) in [5.41, 5.74) is 0. The maximum absolute atomic E-state index is 5.70. The highest BCUT2D eigenvalue weighted by molar-refractivity contribution is 4.59. The second-order valence-corrected chi connectivity index (χ2v) is 7.07. The first kappa shape index (κ1) is 20.0. The molecule has 1 fully saturated rings. The van der Waals surface area contributed by atoms with Gasteiger partial charge >= 0.3 is 0 Å². The first-order chi connectivity index (χ1) is 10.9. The Hall–Kier alpha value is -0.0800. The molecule has 0 aromatic carbocycles. The van der Waals surface area contributed by atoms with E-state index in [0.29, 0.717) is 6.10 Å². The van der Waals surface area contributed by atoms with Crippen molar-refractivity contribution < 1.29 is 9.78 Å². The van der Waals surface area contributed by atoms with Crippen LogP contribution in [0, 0.1) is 0 Å². The van der Waals surface area contributed by atoms with Crippen molar-refractivity contribution in [2.24, 2.45) is 0 Å². The van der Waals surface area contributed by atoms with Crippen LogP contribution in [0.1, 0.15) is 116 Å². The van der Waals surface area contributed by atoms with E-state index in [-0.39, 0.29) is 0 Å². The highest BCUT2D eigenvalue weighted by Crippen LogP contribution is 2.18. The predicted octanol–water partition coefficient (Wildman–Crippen LogP) is 6.97. The molecule has 0 aliphatic carbocycles. The van der Waals surface area contributed by atoms with Gasteiger partial charge in [-0.05, 0) is 19.3 Å². The third-order valence-electron chi connectivity index (χ3n) is 4.84. The van der Waals surface area contributed by atoms with Crippen LogP contribution in [0.25, 0.3) is 0 Å². The lowest BCUT2D eigenvalue weighted by Crippen LogP contribution is -2.14. The van der Waals surface area contributed by atoms with E-state index in [1.165, 1.54) is 103 Å².